The molecule has 0 aliphatic rings. The number of benzene rings is 2. The summed E-state index contributed by atoms with van der Waals surface area (Å²) in [7, 11) is 3.00. The summed E-state index contributed by atoms with van der Waals surface area (Å²) in [4.78, 5) is 35.9. The first kappa shape index (κ1) is 21.9. The van der Waals surface area contributed by atoms with Crippen molar-refractivity contribution >= 4 is 17.7 Å². The van der Waals surface area contributed by atoms with Crippen molar-refractivity contribution < 1.29 is 29.0 Å². The van der Waals surface area contributed by atoms with Crippen molar-refractivity contribution in [1.82, 2.24) is 5.32 Å². The van der Waals surface area contributed by atoms with Gasteiger partial charge in [0.15, 0.2) is 5.78 Å². The molecular formula is C22H25NO6. The molecular weight excluding hydrogens is 374 g/mol. The third-order valence-corrected chi connectivity index (χ3v) is 4.66. The lowest BCUT2D eigenvalue weighted by atomic mass is 9.88. The van der Waals surface area contributed by atoms with E-state index in [0.717, 1.165) is 0 Å². The molecule has 2 rings (SSSR count). The Hall–Kier alpha value is -3.35. The molecule has 0 saturated carbocycles. The maximum atomic E-state index is 12.8. The van der Waals surface area contributed by atoms with Crippen LogP contribution in [0.3, 0.4) is 0 Å². The summed E-state index contributed by atoms with van der Waals surface area (Å²) in [5.74, 6) is -0.528. The molecule has 1 unspecified atom stereocenters. The summed E-state index contributed by atoms with van der Waals surface area (Å²) in [5, 5.41) is 12.2. The molecule has 7 nitrogen and oxygen atoms in total. The van der Waals surface area contributed by atoms with E-state index in [2.05, 4.69) is 5.32 Å². The molecule has 0 aliphatic carbocycles. The van der Waals surface area contributed by atoms with E-state index in [-0.39, 0.29) is 18.6 Å². The van der Waals surface area contributed by atoms with E-state index in [1.54, 1.807) is 49.4 Å². The van der Waals surface area contributed by atoms with Crippen LogP contribution in [0.1, 0.15) is 41.8 Å². The van der Waals surface area contributed by atoms with Gasteiger partial charge in [0.2, 0.25) is 5.91 Å². The minimum Gasteiger partial charge on any atom is -0.497 e. The molecule has 0 aliphatic heterocycles. The zero-order valence-corrected chi connectivity index (χ0v) is 16.9. The lowest BCUT2D eigenvalue weighted by molar-refractivity contribution is -0.139. The van der Waals surface area contributed by atoms with Gasteiger partial charge in [-0.1, -0.05) is 12.1 Å². The van der Waals surface area contributed by atoms with Gasteiger partial charge in [0.25, 0.3) is 0 Å². The topological polar surface area (TPSA) is 102 Å². The lowest BCUT2D eigenvalue weighted by Gasteiger charge is -2.30. The number of ether oxygens (including phenoxy) is 2. The van der Waals surface area contributed by atoms with Crippen molar-refractivity contribution in [3.63, 3.8) is 0 Å². The largest absolute Gasteiger partial charge is 0.497 e. The van der Waals surface area contributed by atoms with Crippen LogP contribution in [0.15, 0.2) is 42.5 Å². The second kappa shape index (κ2) is 9.23. The van der Waals surface area contributed by atoms with Gasteiger partial charge in [-0.25, -0.2) is 0 Å². The molecule has 2 aromatic carbocycles. The molecule has 1 atom stereocenters. The molecule has 0 fully saturated rings. The van der Waals surface area contributed by atoms with E-state index < -0.39 is 17.4 Å². The highest BCUT2D eigenvalue weighted by Crippen LogP contribution is 2.28. The third-order valence-electron chi connectivity index (χ3n) is 4.66. The van der Waals surface area contributed by atoms with Crippen LogP contribution < -0.4 is 14.8 Å². The average Bonchev–Trinajstić information content (AvgIpc) is 2.67. The number of carbonyl (C=O) groups excluding carboxylic acids is 2. The Morgan fingerprint density at radius 2 is 1.79 bits per heavy atom. The number of carbonyl (C=O) groups is 3. The number of nitrogens with one attached hydrogen (secondary N) is 1. The zero-order valence-electron chi connectivity index (χ0n) is 16.9. The Balaban J connectivity index is 2.32. The molecule has 154 valence electrons. The smallest absolute Gasteiger partial charge is 0.306 e. The number of ketones is 1. The normalized spacial score (nSPS) is 12.6. The van der Waals surface area contributed by atoms with Gasteiger partial charge < -0.3 is 19.9 Å². The Bertz CT molecular complexity index is 923. The first-order valence-electron chi connectivity index (χ1n) is 9.03. The first-order chi connectivity index (χ1) is 13.7. The second-order valence-corrected chi connectivity index (χ2v) is 6.94. The number of rotatable bonds is 9. The zero-order chi connectivity index (χ0) is 21.6. The molecule has 0 radical (unpaired) electrons. The van der Waals surface area contributed by atoms with Crippen LogP contribution in [0.5, 0.6) is 11.5 Å². The van der Waals surface area contributed by atoms with Crippen LogP contribution >= 0.6 is 0 Å². The summed E-state index contributed by atoms with van der Waals surface area (Å²) < 4.78 is 10.5. The van der Waals surface area contributed by atoms with Gasteiger partial charge in [-0.3, -0.25) is 14.4 Å². The molecule has 1 amide bonds. The quantitative estimate of drug-likeness (QED) is 0.629. The Morgan fingerprint density at radius 1 is 1.07 bits per heavy atom. The molecule has 0 bridgehead atoms. The molecule has 0 saturated heterocycles. The molecule has 2 aromatic rings. The van der Waals surface area contributed by atoms with E-state index in [1.807, 2.05) is 0 Å². The number of carboxylic acid groups (broad SMARTS) is 1. The van der Waals surface area contributed by atoms with Crippen molar-refractivity contribution in [3.8, 4) is 11.5 Å². The number of aliphatic carboxylic acids is 1. The monoisotopic (exact) mass is 399 g/mol. The number of amides is 1. The molecule has 29 heavy (non-hydrogen) atoms. The fourth-order valence-corrected chi connectivity index (χ4v) is 3.15. The highest BCUT2D eigenvalue weighted by Gasteiger charge is 2.32. The average molecular weight is 399 g/mol. The van der Waals surface area contributed by atoms with E-state index in [0.29, 0.717) is 28.2 Å². The minimum atomic E-state index is -1.15. The van der Waals surface area contributed by atoms with Crippen molar-refractivity contribution in [3.05, 3.63) is 59.2 Å². The maximum absolute atomic E-state index is 12.8. The third kappa shape index (κ3) is 5.57. The van der Waals surface area contributed by atoms with E-state index in [1.165, 1.54) is 21.1 Å². The van der Waals surface area contributed by atoms with Crippen molar-refractivity contribution in [2.45, 2.75) is 32.2 Å². The van der Waals surface area contributed by atoms with Gasteiger partial charge >= 0.3 is 5.97 Å². The van der Waals surface area contributed by atoms with Crippen molar-refractivity contribution in [2.75, 3.05) is 14.2 Å². The Kier molecular flexibility index (Phi) is 6.98. The summed E-state index contributed by atoms with van der Waals surface area (Å²) in [6.45, 7) is 3.09. The molecule has 0 spiro atoms. The van der Waals surface area contributed by atoms with E-state index in [9.17, 15) is 19.5 Å². The van der Waals surface area contributed by atoms with Crippen LogP contribution in [-0.2, 0) is 21.5 Å². The van der Waals surface area contributed by atoms with Gasteiger partial charge in [-0.05, 0) is 49.7 Å². The standard InChI is InChI=1S/C22H25NO6/c1-14(24)15-8-9-19(29-4)16(10-15)11-20(25)23-22(2,13-21(26)27)17-6-5-7-18(12-17)28-3/h5-10,12H,11,13H2,1-4H3,(H,23,25)(H,26,27). The van der Waals surface area contributed by atoms with Gasteiger partial charge in [0.1, 0.15) is 11.5 Å². The van der Waals surface area contributed by atoms with Crippen molar-refractivity contribution in [2.24, 2.45) is 0 Å². The predicted molar refractivity (Wildman–Crippen MR) is 107 cm³/mol. The lowest BCUT2D eigenvalue weighted by Crippen LogP contribution is -2.45. The van der Waals surface area contributed by atoms with E-state index in [4.69, 9.17) is 9.47 Å². The van der Waals surface area contributed by atoms with Crippen LogP contribution in [0.25, 0.3) is 0 Å². The summed E-state index contributed by atoms with van der Waals surface area (Å²) in [5.41, 5.74) is 0.468. The van der Waals surface area contributed by atoms with Crippen LogP contribution in [0, 0.1) is 0 Å². The van der Waals surface area contributed by atoms with Crippen LogP contribution in [0.2, 0.25) is 0 Å². The number of hydrogen-bond acceptors (Lipinski definition) is 5. The number of methoxy groups -OCH3 is 2. The molecule has 0 aromatic heterocycles. The fourth-order valence-electron chi connectivity index (χ4n) is 3.15. The van der Waals surface area contributed by atoms with Gasteiger partial charge in [0, 0.05) is 11.1 Å². The second-order valence-electron chi connectivity index (χ2n) is 6.94. The van der Waals surface area contributed by atoms with Gasteiger partial charge in [0.05, 0.1) is 32.6 Å². The molecule has 7 heteroatoms. The SMILES string of the molecule is COc1cccc(C(C)(CC(=O)O)NC(=O)Cc2cc(C(C)=O)ccc2OC)c1. The summed E-state index contributed by atoms with van der Waals surface area (Å²) in [6, 6.07) is 11.8. The number of hydrogen-bond donors (Lipinski definition) is 2. The van der Waals surface area contributed by atoms with Gasteiger partial charge in [-0.15, -0.1) is 0 Å². The van der Waals surface area contributed by atoms with Crippen LogP contribution in [0.4, 0.5) is 0 Å². The maximum Gasteiger partial charge on any atom is 0.306 e. The Morgan fingerprint density at radius 3 is 2.38 bits per heavy atom. The number of Topliss-reactive ketones (excluding diaryl/α,β-unsaturated/α-hetero) is 1. The molecule has 2 N–H and O–H groups in total. The number of carboxylic acids is 1. The Labute approximate surface area is 169 Å². The highest BCUT2D eigenvalue weighted by atomic mass is 16.5. The van der Waals surface area contributed by atoms with E-state index >= 15 is 0 Å². The summed E-state index contributed by atoms with van der Waals surface area (Å²) >= 11 is 0. The highest BCUT2D eigenvalue weighted by molar-refractivity contribution is 5.94. The predicted octanol–water partition coefficient (Wildman–Crippen LogP) is 2.96. The van der Waals surface area contributed by atoms with Crippen LogP contribution in [-0.4, -0.2) is 37.0 Å². The first-order valence-corrected chi connectivity index (χ1v) is 9.03. The fraction of sp³-hybridized carbons (Fsp3) is 0.318. The summed E-state index contributed by atoms with van der Waals surface area (Å²) in [6.07, 6.45) is -0.375. The minimum absolute atomic E-state index is 0.0660. The van der Waals surface area contributed by atoms with Crippen molar-refractivity contribution in [1.29, 1.82) is 0 Å². The molecule has 0 heterocycles. The van der Waals surface area contributed by atoms with Gasteiger partial charge in [-0.2, -0.15) is 0 Å².